The summed E-state index contributed by atoms with van der Waals surface area (Å²) in [4.78, 5) is 41.1. The summed E-state index contributed by atoms with van der Waals surface area (Å²) in [5.41, 5.74) is 4.52. The minimum Gasteiger partial charge on any atom is -0.359 e. The molecule has 4 aromatic rings. The highest BCUT2D eigenvalue weighted by atomic mass is 32.1. The Bertz CT molecular complexity index is 1270. The predicted octanol–water partition coefficient (Wildman–Crippen LogP) is 4.56. The molecule has 0 spiro atoms. The molecule has 0 aliphatic carbocycles. The van der Waals surface area contributed by atoms with Gasteiger partial charge in [-0.25, -0.2) is 4.98 Å². The summed E-state index contributed by atoms with van der Waals surface area (Å²) in [5.74, 6) is 0.593. The molecule has 4 rings (SSSR count). The van der Waals surface area contributed by atoms with Crippen LogP contribution in [-0.4, -0.2) is 38.8 Å². The maximum Gasteiger partial charge on any atom is 0.263 e. The van der Waals surface area contributed by atoms with E-state index in [1.807, 2.05) is 13.1 Å². The minimum atomic E-state index is -0.270. The third-order valence-electron chi connectivity index (χ3n) is 5.73. The van der Waals surface area contributed by atoms with Gasteiger partial charge in [-0.15, -0.1) is 11.3 Å². The number of rotatable bonds is 10. The lowest BCUT2D eigenvalue weighted by Gasteiger charge is -2.16. The number of carbonyl (C=O) groups is 2. The number of aromatic nitrogens is 4. The Labute approximate surface area is 202 Å². The van der Waals surface area contributed by atoms with Crippen molar-refractivity contribution in [1.82, 2.24) is 30.6 Å². The topological polar surface area (TPSA) is 113 Å². The molecule has 0 radical (unpaired) electrons. The largest absolute Gasteiger partial charge is 0.359 e. The van der Waals surface area contributed by atoms with Gasteiger partial charge < -0.3 is 15.6 Å². The van der Waals surface area contributed by atoms with Crippen molar-refractivity contribution in [1.29, 1.82) is 0 Å². The van der Waals surface area contributed by atoms with Crippen LogP contribution in [0, 0.1) is 6.92 Å². The number of hydrogen-bond acceptors (Lipinski definition) is 6. The molecule has 34 heavy (non-hydrogen) atoms. The fraction of sp³-hybridized carbons (Fsp3) is 0.320. The zero-order valence-corrected chi connectivity index (χ0v) is 20.1. The number of nitrogens with one attached hydrogen (secondary N) is 3. The molecule has 3 heterocycles. The van der Waals surface area contributed by atoms with Gasteiger partial charge in [0, 0.05) is 36.3 Å². The molecule has 0 saturated heterocycles. The van der Waals surface area contributed by atoms with Gasteiger partial charge in [0.15, 0.2) is 0 Å². The van der Waals surface area contributed by atoms with E-state index in [1.54, 1.807) is 25.0 Å². The highest BCUT2D eigenvalue weighted by molar-refractivity contribution is 7.11. The Hall–Kier alpha value is -3.59. The second kappa shape index (κ2) is 11.0. The highest BCUT2D eigenvalue weighted by Crippen LogP contribution is 2.26. The third kappa shape index (κ3) is 5.85. The van der Waals surface area contributed by atoms with Gasteiger partial charge in [-0.1, -0.05) is 25.0 Å². The standard InChI is InChI=1S/C25H28N6O2S/c1-16-10-17-8-9-18(11-19(17)12-28-16)21-13-29-24(30-21)20(6-4-3-5-7-23(32)26-2)31-25(33)22-14-27-15-34-22/h8-15,20H,3-7H2,1-2H3,(H,26,32)(H,29,30)(H,31,33)/t20-/m0/s1. The SMILES string of the molecule is CNC(=O)CCCCC[C@H](NC(=O)c1cncs1)c1ncc(-c2ccc3cc(C)ncc3c2)[nH]1. The van der Waals surface area contributed by atoms with Gasteiger partial charge in [0.05, 0.1) is 29.6 Å². The first kappa shape index (κ1) is 23.6. The number of thiazole rings is 1. The monoisotopic (exact) mass is 476 g/mol. The summed E-state index contributed by atoms with van der Waals surface area (Å²) < 4.78 is 0. The van der Waals surface area contributed by atoms with E-state index >= 15 is 0 Å². The van der Waals surface area contributed by atoms with E-state index in [2.05, 4.69) is 54.8 Å². The average molecular weight is 477 g/mol. The van der Waals surface area contributed by atoms with Crippen molar-refractivity contribution in [2.24, 2.45) is 0 Å². The van der Waals surface area contributed by atoms with Crippen LogP contribution in [-0.2, 0) is 4.79 Å². The van der Waals surface area contributed by atoms with Gasteiger partial charge in [-0.3, -0.25) is 19.6 Å². The number of carbonyl (C=O) groups excluding carboxylic acids is 2. The van der Waals surface area contributed by atoms with E-state index in [-0.39, 0.29) is 17.9 Å². The Morgan fingerprint density at radius 2 is 1.94 bits per heavy atom. The van der Waals surface area contributed by atoms with Crippen molar-refractivity contribution >= 4 is 33.9 Å². The van der Waals surface area contributed by atoms with Gasteiger partial charge in [-0.2, -0.15) is 0 Å². The second-order valence-corrected chi connectivity index (χ2v) is 9.12. The van der Waals surface area contributed by atoms with Crippen molar-refractivity contribution < 1.29 is 9.59 Å². The van der Waals surface area contributed by atoms with E-state index in [9.17, 15) is 9.59 Å². The van der Waals surface area contributed by atoms with Crippen molar-refractivity contribution in [2.75, 3.05) is 7.05 Å². The number of pyridine rings is 1. The molecule has 9 heteroatoms. The van der Waals surface area contributed by atoms with Crippen LogP contribution in [0.15, 0.2) is 48.4 Å². The number of imidazole rings is 1. The number of amides is 2. The molecule has 176 valence electrons. The van der Waals surface area contributed by atoms with Gasteiger partial charge in [0.2, 0.25) is 5.91 Å². The Kier molecular flexibility index (Phi) is 7.64. The van der Waals surface area contributed by atoms with Crippen molar-refractivity contribution in [3.8, 4) is 11.3 Å². The van der Waals surface area contributed by atoms with E-state index in [0.717, 1.165) is 47.0 Å². The molecule has 0 aliphatic rings. The number of nitrogens with zero attached hydrogens (tertiary/aromatic N) is 3. The van der Waals surface area contributed by atoms with Crippen LogP contribution in [0.2, 0.25) is 0 Å². The molecule has 3 aromatic heterocycles. The number of fused-ring (bicyclic) bond motifs is 1. The number of benzene rings is 1. The molecule has 0 saturated carbocycles. The average Bonchev–Trinajstić information content (AvgIpc) is 3.55. The fourth-order valence-corrected chi connectivity index (χ4v) is 4.37. The number of unbranched alkanes of at least 4 members (excludes halogenated alkanes) is 2. The molecule has 2 amide bonds. The second-order valence-electron chi connectivity index (χ2n) is 8.23. The molecule has 0 unspecified atom stereocenters. The normalized spacial score (nSPS) is 11.9. The van der Waals surface area contributed by atoms with E-state index in [4.69, 9.17) is 0 Å². The van der Waals surface area contributed by atoms with Crippen molar-refractivity contribution in [3.05, 3.63) is 64.8 Å². The summed E-state index contributed by atoms with van der Waals surface area (Å²) in [6.07, 6.45) is 9.04. The zero-order valence-electron chi connectivity index (χ0n) is 19.3. The zero-order chi connectivity index (χ0) is 23.9. The number of H-pyrrole nitrogens is 1. The van der Waals surface area contributed by atoms with Crippen LogP contribution in [0.5, 0.6) is 0 Å². The smallest absolute Gasteiger partial charge is 0.263 e. The Balaban J connectivity index is 1.49. The molecule has 1 aromatic carbocycles. The van der Waals surface area contributed by atoms with Crippen molar-refractivity contribution in [3.63, 3.8) is 0 Å². The van der Waals surface area contributed by atoms with Crippen LogP contribution in [0.25, 0.3) is 22.0 Å². The number of aromatic amines is 1. The van der Waals surface area contributed by atoms with Gasteiger partial charge >= 0.3 is 0 Å². The number of hydrogen-bond donors (Lipinski definition) is 3. The van der Waals surface area contributed by atoms with Crippen LogP contribution < -0.4 is 10.6 Å². The summed E-state index contributed by atoms with van der Waals surface area (Å²) in [5, 5.41) is 7.94. The summed E-state index contributed by atoms with van der Waals surface area (Å²) in [6, 6.07) is 8.01. The fourth-order valence-electron chi connectivity index (χ4n) is 3.85. The summed E-state index contributed by atoms with van der Waals surface area (Å²) >= 11 is 1.31. The van der Waals surface area contributed by atoms with E-state index in [1.165, 1.54) is 11.3 Å². The lowest BCUT2D eigenvalue weighted by Crippen LogP contribution is -2.28. The summed E-state index contributed by atoms with van der Waals surface area (Å²) in [7, 11) is 1.65. The molecule has 8 nitrogen and oxygen atoms in total. The Morgan fingerprint density at radius 3 is 2.74 bits per heavy atom. The van der Waals surface area contributed by atoms with Gasteiger partial charge in [0.1, 0.15) is 10.7 Å². The first-order chi connectivity index (χ1) is 16.5. The quantitative estimate of drug-likeness (QED) is 0.291. The maximum atomic E-state index is 12.7. The molecule has 0 bridgehead atoms. The van der Waals surface area contributed by atoms with E-state index < -0.39 is 0 Å². The lowest BCUT2D eigenvalue weighted by atomic mass is 10.1. The number of aryl methyl sites for hydroxylation is 1. The minimum absolute atomic E-state index is 0.0477. The maximum absolute atomic E-state index is 12.7. The van der Waals surface area contributed by atoms with Crippen LogP contribution in [0.4, 0.5) is 0 Å². The van der Waals surface area contributed by atoms with Gasteiger partial charge in [-0.05, 0) is 37.3 Å². The highest BCUT2D eigenvalue weighted by Gasteiger charge is 2.20. The van der Waals surface area contributed by atoms with E-state index in [0.29, 0.717) is 23.5 Å². The van der Waals surface area contributed by atoms with Gasteiger partial charge in [0.25, 0.3) is 5.91 Å². The van der Waals surface area contributed by atoms with Crippen LogP contribution in [0.1, 0.15) is 59.3 Å². The molecule has 0 aliphatic heterocycles. The molecule has 3 N–H and O–H groups in total. The summed E-state index contributed by atoms with van der Waals surface area (Å²) in [6.45, 7) is 1.98. The third-order valence-corrected chi connectivity index (χ3v) is 6.50. The molecule has 0 fully saturated rings. The predicted molar refractivity (Wildman–Crippen MR) is 134 cm³/mol. The van der Waals surface area contributed by atoms with Crippen LogP contribution in [0.3, 0.4) is 0 Å². The lowest BCUT2D eigenvalue weighted by molar-refractivity contribution is -0.120. The van der Waals surface area contributed by atoms with Crippen molar-refractivity contribution in [2.45, 2.75) is 45.1 Å². The van der Waals surface area contributed by atoms with Crippen LogP contribution >= 0.6 is 11.3 Å². The molecule has 1 atom stereocenters. The molecular weight excluding hydrogens is 448 g/mol. The Morgan fingerprint density at radius 1 is 1.06 bits per heavy atom. The first-order valence-electron chi connectivity index (χ1n) is 11.3. The first-order valence-corrected chi connectivity index (χ1v) is 12.2. The molecular formula is C25H28N6O2S.